The third kappa shape index (κ3) is 4.99. The van der Waals surface area contributed by atoms with Gasteiger partial charge in [-0.1, -0.05) is 34.8 Å². The van der Waals surface area contributed by atoms with Crippen LogP contribution in [0.4, 0.5) is 36.8 Å². The number of benzene rings is 1. The molecule has 1 aromatic rings. The monoisotopic (exact) mass is 388 g/mol. The highest BCUT2D eigenvalue weighted by atomic mass is 35.5. The maximum Gasteiger partial charge on any atom is 0.417 e. The largest absolute Gasteiger partial charge is 0.417 e. The minimum Gasteiger partial charge on any atom is -0.318 e. The van der Waals surface area contributed by atoms with Crippen molar-refractivity contribution in [3.05, 3.63) is 27.2 Å². The molecule has 0 fully saturated rings. The Balaban J connectivity index is 2.95. The Morgan fingerprint density at radius 2 is 1.36 bits per heavy atom. The number of anilines is 1. The standard InChI is InChI=1S/C10H5Cl3F6N2O/c11-3-1-4(12)6(5(13)2-3)20-8(22)21-7(9(14,15)16)10(17,18)19/h1-2,7H,(H2,20,21,22). The van der Waals surface area contributed by atoms with Crippen molar-refractivity contribution in [1.82, 2.24) is 5.32 Å². The lowest BCUT2D eigenvalue weighted by Gasteiger charge is -2.24. The van der Waals surface area contributed by atoms with Crippen LogP contribution < -0.4 is 10.6 Å². The van der Waals surface area contributed by atoms with Crippen molar-refractivity contribution in [3.63, 3.8) is 0 Å². The summed E-state index contributed by atoms with van der Waals surface area (Å²) in [5.74, 6) is 0. The Morgan fingerprint density at radius 3 is 1.73 bits per heavy atom. The van der Waals surface area contributed by atoms with E-state index in [-0.39, 0.29) is 20.8 Å². The van der Waals surface area contributed by atoms with Gasteiger partial charge in [-0.25, -0.2) is 4.79 Å². The molecule has 0 heterocycles. The summed E-state index contributed by atoms with van der Waals surface area (Å²) in [4.78, 5) is 11.3. The summed E-state index contributed by atoms with van der Waals surface area (Å²) in [6.07, 6.45) is -11.4. The Kier molecular flexibility index (Phi) is 5.69. The van der Waals surface area contributed by atoms with E-state index in [9.17, 15) is 31.1 Å². The number of carbonyl (C=O) groups is 1. The van der Waals surface area contributed by atoms with Gasteiger partial charge in [-0.05, 0) is 12.1 Å². The average Bonchev–Trinajstić information content (AvgIpc) is 2.27. The molecule has 1 rings (SSSR count). The Labute approximate surface area is 134 Å². The van der Waals surface area contributed by atoms with Crippen LogP contribution in [0, 0.1) is 0 Å². The highest BCUT2D eigenvalue weighted by molar-refractivity contribution is 6.42. The second-order valence-corrected chi connectivity index (χ2v) is 5.11. The summed E-state index contributed by atoms with van der Waals surface area (Å²) in [5, 5.41) is 2.01. The molecule has 0 aliphatic heterocycles. The van der Waals surface area contributed by atoms with Gasteiger partial charge in [0.05, 0.1) is 15.7 Å². The van der Waals surface area contributed by atoms with Crippen LogP contribution in [0.15, 0.2) is 12.1 Å². The highest BCUT2D eigenvalue weighted by Gasteiger charge is 2.57. The van der Waals surface area contributed by atoms with Crippen LogP contribution in [0.1, 0.15) is 0 Å². The third-order valence-electron chi connectivity index (χ3n) is 2.18. The molecule has 0 saturated carbocycles. The van der Waals surface area contributed by atoms with Crippen molar-refractivity contribution in [2.45, 2.75) is 18.4 Å². The fourth-order valence-electron chi connectivity index (χ4n) is 1.29. The third-order valence-corrected chi connectivity index (χ3v) is 2.99. The zero-order valence-corrected chi connectivity index (χ0v) is 12.3. The molecule has 22 heavy (non-hydrogen) atoms. The van der Waals surface area contributed by atoms with Gasteiger partial charge in [-0.15, -0.1) is 0 Å². The van der Waals surface area contributed by atoms with E-state index in [1.807, 2.05) is 0 Å². The Morgan fingerprint density at radius 1 is 0.955 bits per heavy atom. The van der Waals surface area contributed by atoms with Crippen LogP contribution in [0.5, 0.6) is 0 Å². The summed E-state index contributed by atoms with van der Waals surface area (Å²) >= 11 is 16.8. The molecule has 0 saturated heterocycles. The first-order valence-corrected chi connectivity index (χ1v) is 6.31. The van der Waals surface area contributed by atoms with Gasteiger partial charge in [0.1, 0.15) is 0 Å². The summed E-state index contributed by atoms with van der Waals surface area (Å²) in [5.41, 5.74) is -0.381. The molecule has 0 spiro atoms. The highest BCUT2D eigenvalue weighted by Crippen LogP contribution is 2.35. The molecule has 2 N–H and O–H groups in total. The van der Waals surface area contributed by atoms with Gasteiger partial charge in [-0.3, -0.25) is 0 Å². The first kappa shape index (κ1) is 19.0. The lowest BCUT2D eigenvalue weighted by atomic mass is 10.3. The number of nitrogens with one attached hydrogen (secondary N) is 2. The Bertz CT molecular complexity index is 538. The summed E-state index contributed by atoms with van der Waals surface area (Å²) in [6, 6.07) is -3.64. The zero-order chi connectivity index (χ0) is 17.3. The topological polar surface area (TPSA) is 41.1 Å². The maximum absolute atomic E-state index is 12.3. The molecular formula is C10H5Cl3F6N2O. The van der Waals surface area contributed by atoms with Gasteiger partial charge in [0.15, 0.2) is 0 Å². The van der Waals surface area contributed by atoms with E-state index in [0.717, 1.165) is 17.4 Å². The van der Waals surface area contributed by atoms with E-state index in [0.29, 0.717) is 0 Å². The molecule has 12 heteroatoms. The molecule has 0 atom stereocenters. The van der Waals surface area contributed by atoms with Gasteiger partial charge in [-0.2, -0.15) is 26.3 Å². The van der Waals surface area contributed by atoms with Crippen LogP contribution in [-0.2, 0) is 0 Å². The van der Waals surface area contributed by atoms with Crippen molar-refractivity contribution in [2.75, 3.05) is 5.32 Å². The van der Waals surface area contributed by atoms with Crippen molar-refractivity contribution >= 4 is 46.5 Å². The molecule has 0 aliphatic rings. The predicted octanol–water partition coefficient (Wildman–Crippen LogP) is 5.26. The molecule has 2 amide bonds. The van der Waals surface area contributed by atoms with E-state index in [4.69, 9.17) is 34.8 Å². The van der Waals surface area contributed by atoms with E-state index < -0.39 is 24.4 Å². The lowest BCUT2D eigenvalue weighted by Crippen LogP contribution is -2.55. The second kappa shape index (κ2) is 6.59. The normalized spacial score (nSPS) is 12.5. The van der Waals surface area contributed by atoms with Gasteiger partial charge in [0.2, 0.25) is 6.04 Å². The molecule has 0 bridgehead atoms. The molecule has 3 nitrogen and oxygen atoms in total. The van der Waals surface area contributed by atoms with E-state index in [2.05, 4.69) is 0 Å². The van der Waals surface area contributed by atoms with Crippen LogP contribution in [0.25, 0.3) is 0 Å². The van der Waals surface area contributed by atoms with Crippen LogP contribution in [-0.4, -0.2) is 24.4 Å². The predicted molar refractivity (Wildman–Crippen MR) is 69.5 cm³/mol. The van der Waals surface area contributed by atoms with Crippen LogP contribution in [0.3, 0.4) is 0 Å². The first-order valence-electron chi connectivity index (χ1n) is 5.18. The minimum absolute atomic E-state index is 0.0596. The fraction of sp³-hybridized carbons (Fsp3) is 0.300. The van der Waals surface area contributed by atoms with Crippen LogP contribution >= 0.6 is 34.8 Å². The van der Waals surface area contributed by atoms with Crippen molar-refractivity contribution < 1.29 is 31.1 Å². The van der Waals surface area contributed by atoms with Crippen molar-refractivity contribution in [1.29, 1.82) is 0 Å². The van der Waals surface area contributed by atoms with E-state index >= 15 is 0 Å². The summed E-state index contributed by atoms with van der Waals surface area (Å²) in [6.45, 7) is 0. The van der Waals surface area contributed by atoms with E-state index in [1.165, 1.54) is 0 Å². The molecular weight excluding hydrogens is 384 g/mol. The van der Waals surface area contributed by atoms with Gasteiger partial charge >= 0.3 is 18.4 Å². The number of rotatable bonds is 2. The van der Waals surface area contributed by atoms with E-state index in [1.54, 1.807) is 5.32 Å². The van der Waals surface area contributed by atoms with Gasteiger partial charge < -0.3 is 10.6 Å². The molecule has 1 aromatic carbocycles. The summed E-state index contributed by atoms with van der Waals surface area (Å²) < 4.78 is 73.8. The van der Waals surface area contributed by atoms with Crippen LogP contribution in [0.2, 0.25) is 15.1 Å². The quantitative estimate of drug-likeness (QED) is 0.666. The van der Waals surface area contributed by atoms with Crippen molar-refractivity contribution in [3.8, 4) is 0 Å². The number of urea groups is 1. The number of hydrogen-bond donors (Lipinski definition) is 2. The lowest BCUT2D eigenvalue weighted by molar-refractivity contribution is -0.255. The molecule has 0 aromatic heterocycles. The maximum atomic E-state index is 12.3. The molecule has 124 valence electrons. The fourth-order valence-corrected chi connectivity index (χ4v) is 2.20. The molecule has 0 radical (unpaired) electrons. The zero-order valence-electron chi connectivity index (χ0n) is 10.0. The summed E-state index contributed by atoms with van der Waals surface area (Å²) in [7, 11) is 0. The van der Waals surface area contributed by atoms with Gasteiger partial charge in [0.25, 0.3) is 0 Å². The molecule has 0 aliphatic carbocycles. The number of halogens is 9. The second-order valence-electron chi connectivity index (χ2n) is 3.86. The first-order chi connectivity index (χ1) is 9.82. The minimum atomic E-state index is -5.72. The Hall–Kier alpha value is -1.06. The number of alkyl halides is 6. The number of amides is 2. The SMILES string of the molecule is O=C(Nc1c(Cl)cc(Cl)cc1Cl)NC(C(F)(F)F)C(F)(F)F. The number of hydrogen-bond acceptors (Lipinski definition) is 1. The van der Waals surface area contributed by atoms with Crippen molar-refractivity contribution in [2.24, 2.45) is 0 Å². The number of carbonyl (C=O) groups excluding carboxylic acids is 1. The van der Waals surface area contributed by atoms with Gasteiger partial charge in [0, 0.05) is 5.02 Å². The average molecular weight is 390 g/mol. The molecule has 0 unspecified atom stereocenters. The smallest absolute Gasteiger partial charge is 0.318 e.